The van der Waals surface area contributed by atoms with E-state index in [1.165, 1.54) is 22.3 Å². The van der Waals surface area contributed by atoms with Gasteiger partial charge in [-0.25, -0.2) is 0 Å². The second kappa shape index (κ2) is 6.76. The molecule has 0 aromatic heterocycles. The highest BCUT2D eigenvalue weighted by atomic mass is 14.5. The first-order chi connectivity index (χ1) is 9.70. The van der Waals surface area contributed by atoms with Crippen LogP contribution in [-0.2, 0) is 6.42 Å². The fourth-order valence-corrected chi connectivity index (χ4v) is 2.19. The summed E-state index contributed by atoms with van der Waals surface area (Å²) >= 11 is 0. The summed E-state index contributed by atoms with van der Waals surface area (Å²) in [5.41, 5.74) is 11.9. The first-order valence-electron chi connectivity index (χ1n) is 6.90. The molecule has 0 saturated carbocycles. The lowest BCUT2D eigenvalue weighted by Crippen LogP contribution is -1.89. The van der Waals surface area contributed by atoms with E-state index in [2.05, 4.69) is 68.5 Å². The second-order valence-corrected chi connectivity index (χ2v) is 5.02. The Bertz CT molecular complexity index is 618. The molecule has 2 rings (SSSR count). The Hall–Kier alpha value is -2.28. The molecule has 0 spiro atoms. The van der Waals surface area contributed by atoms with Crippen LogP contribution in [0.5, 0.6) is 0 Å². The van der Waals surface area contributed by atoms with Crippen molar-refractivity contribution in [3.8, 4) is 0 Å². The van der Waals surface area contributed by atoms with Crippen LogP contribution in [0.4, 0.5) is 0 Å². The van der Waals surface area contributed by atoms with E-state index in [1.54, 1.807) is 6.20 Å². The minimum atomic E-state index is 0.917. The highest BCUT2D eigenvalue weighted by Gasteiger charge is 1.99. The Kier molecular flexibility index (Phi) is 4.78. The molecule has 0 amide bonds. The van der Waals surface area contributed by atoms with Gasteiger partial charge in [0.15, 0.2) is 0 Å². The number of aryl methyl sites for hydroxylation is 2. The SMILES string of the molecule is Cc1ccc(C(/C=C\N)=C/Cc2ccccc2C)cc1. The Morgan fingerprint density at radius 1 is 1.00 bits per heavy atom. The molecule has 2 N–H and O–H groups in total. The van der Waals surface area contributed by atoms with Crippen LogP contribution in [0.1, 0.15) is 22.3 Å². The summed E-state index contributed by atoms with van der Waals surface area (Å²) in [6.07, 6.45) is 6.71. The third kappa shape index (κ3) is 3.61. The summed E-state index contributed by atoms with van der Waals surface area (Å²) in [4.78, 5) is 0. The van der Waals surface area contributed by atoms with Gasteiger partial charge in [0.25, 0.3) is 0 Å². The van der Waals surface area contributed by atoms with Gasteiger partial charge >= 0.3 is 0 Å². The maximum absolute atomic E-state index is 5.57. The lowest BCUT2D eigenvalue weighted by molar-refractivity contribution is 1.21. The van der Waals surface area contributed by atoms with Gasteiger partial charge in [0, 0.05) is 0 Å². The molecule has 0 fully saturated rings. The van der Waals surface area contributed by atoms with Crippen LogP contribution < -0.4 is 5.73 Å². The molecule has 0 unspecified atom stereocenters. The molecule has 1 nitrogen and oxygen atoms in total. The molecule has 0 heterocycles. The monoisotopic (exact) mass is 263 g/mol. The number of rotatable bonds is 4. The van der Waals surface area contributed by atoms with Gasteiger partial charge in [-0.15, -0.1) is 0 Å². The van der Waals surface area contributed by atoms with Gasteiger partial charge in [-0.05, 0) is 54.8 Å². The average Bonchev–Trinajstić information content (AvgIpc) is 2.46. The third-order valence-corrected chi connectivity index (χ3v) is 3.46. The van der Waals surface area contributed by atoms with Crippen LogP contribution in [0.25, 0.3) is 5.57 Å². The molecule has 0 aliphatic heterocycles. The predicted octanol–water partition coefficient (Wildman–Crippen LogP) is 4.40. The number of hydrogen-bond acceptors (Lipinski definition) is 1. The maximum Gasteiger partial charge on any atom is -0.00563 e. The number of benzene rings is 2. The first-order valence-corrected chi connectivity index (χ1v) is 6.90. The molecular formula is C19H21N. The largest absolute Gasteiger partial charge is 0.405 e. The van der Waals surface area contributed by atoms with Gasteiger partial charge in [-0.1, -0.05) is 60.2 Å². The molecular weight excluding hydrogens is 242 g/mol. The van der Waals surface area contributed by atoms with Crippen molar-refractivity contribution in [1.29, 1.82) is 0 Å². The number of allylic oxidation sites excluding steroid dienone is 3. The van der Waals surface area contributed by atoms with Crippen LogP contribution >= 0.6 is 0 Å². The van der Waals surface area contributed by atoms with Crippen molar-refractivity contribution < 1.29 is 0 Å². The van der Waals surface area contributed by atoms with Crippen molar-refractivity contribution in [2.75, 3.05) is 0 Å². The smallest absolute Gasteiger partial charge is 0.00563 e. The lowest BCUT2D eigenvalue weighted by Gasteiger charge is -2.06. The summed E-state index contributed by atoms with van der Waals surface area (Å²) in [6.45, 7) is 4.24. The molecule has 0 radical (unpaired) electrons. The van der Waals surface area contributed by atoms with Crippen LogP contribution in [0.3, 0.4) is 0 Å². The standard InChI is InChI=1S/C19H21N/c1-15-7-9-18(10-8-15)19(13-14-20)12-11-17-6-4-3-5-16(17)2/h3-10,12-14H,11,20H2,1-2H3/b14-13-,19-12+. The topological polar surface area (TPSA) is 26.0 Å². The van der Waals surface area contributed by atoms with E-state index >= 15 is 0 Å². The van der Waals surface area contributed by atoms with Crippen molar-refractivity contribution in [3.05, 3.63) is 89.1 Å². The summed E-state index contributed by atoms with van der Waals surface area (Å²) in [5.74, 6) is 0. The first kappa shape index (κ1) is 14.1. The maximum atomic E-state index is 5.57. The lowest BCUT2D eigenvalue weighted by atomic mass is 10.00. The Labute approximate surface area is 121 Å². The molecule has 0 atom stereocenters. The number of hydrogen-bond donors (Lipinski definition) is 1. The van der Waals surface area contributed by atoms with Crippen LogP contribution in [-0.4, -0.2) is 0 Å². The van der Waals surface area contributed by atoms with E-state index in [1.807, 2.05) is 6.08 Å². The van der Waals surface area contributed by atoms with Gasteiger partial charge < -0.3 is 5.73 Å². The van der Waals surface area contributed by atoms with Gasteiger partial charge in [0.05, 0.1) is 0 Å². The second-order valence-electron chi connectivity index (χ2n) is 5.02. The van der Waals surface area contributed by atoms with Crippen LogP contribution in [0, 0.1) is 13.8 Å². The molecule has 102 valence electrons. The van der Waals surface area contributed by atoms with Crippen molar-refractivity contribution in [2.45, 2.75) is 20.3 Å². The predicted molar refractivity (Wildman–Crippen MR) is 87.4 cm³/mol. The van der Waals surface area contributed by atoms with Crippen molar-refractivity contribution >= 4 is 5.57 Å². The van der Waals surface area contributed by atoms with Crippen molar-refractivity contribution in [1.82, 2.24) is 0 Å². The molecule has 2 aromatic rings. The Morgan fingerprint density at radius 2 is 1.70 bits per heavy atom. The Morgan fingerprint density at radius 3 is 2.35 bits per heavy atom. The van der Waals surface area contributed by atoms with Crippen molar-refractivity contribution in [2.24, 2.45) is 5.73 Å². The molecule has 0 bridgehead atoms. The van der Waals surface area contributed by atoms with E-state index in [0.717, 1.165) is 12.0 Å². The molecule has 0 aliphatic rings. The van der Waals surface area contributed by atoms with Gasteiger partial charge in [0.1, 0.15) is 0 Å². The summed E-state index contributed by atoms with van der Waals surface area (Å²) in [7, 11) is 0. The average molecular weight is 263 g/mol. The molecule has 0 aliphatic carbocycles. The van der Waals surface area contributed by atoms with E-state index in [9.17, 15) is 0 Å². The molecule has 1 heteroatoms. The minimum Gasteiger partial charge on any atom is -0.405 e. The zero-order valence-electron chi connectivity index (χ0n) is 12.1. The summed E-state index contributed by atoms with van der Waals surface area (Å²) in [5, 5.41) is 0. The van der Waals surface area contributed by atoms with E-state index < -0.39 is 0 Å². The van der Waals surface area contributed by atoms with E-state index in [0.29, 0.717) is 0 Å². The van der Waals surface area contributed by atoms with E-state index in [4.69, 9.17) is 5.73 Å². The van der Waals surface area contributed by atoms with Gasteiger partial charge in [-0.3, -0.25) is 0 Å². The minimum absolute atomic E-state index is 0.917. The normalized spacial score (nSPS) is 12.0. The highest BCUT2D eigenvalue weighted by Crippen LogP contribution is 2.18. The zero-order chi connectivity index (χ0) is 14.4. The molecule has 0 saturated heterocycles. The van der Waals surface area contributed by atoms with Gasteiger partial charge in [0.2, 0.25) is 0 Å². The fraction of sp³-hybridized carbons (Fsp3) is 0.158. The van der Waals surface area contributed by atoms with Crippen molar-refractivity contribution in [3.63, 3.8) is 0 Å². The summed E-state index contributed by atoms with van der Waals surface area (Å²) < 4.78 is 0. The molecule has 2 aromatic carbocycles. The van der Waals surface area contributed by atoms with Gasteiger partial charge in [-0.2, -0.15) is 0 Å². The number of nitrogens with two attached hydrogens (primary N) is 1. The van der Waals surface area contributed by atoms with Crippen LogP contribution in [0.2, 0.25) is 0 Å². The molecule has 20 heavy (non-hydrogen) atoms. The van der Waals surface area contributed by atoms with Crippen LogP contribution in [0.15, 0.2) is 66.9 Å². The summed E-state index contributed by atoms with van der Waals surface area (Å²) in [6, 6.07) is 17.0. The fourth-order valence-electron chi connectivity index (χ4n) is 2.19. The Balaban J connectivity index is 2.27. The highest BCUT2D eigenvalue weighted by molar-refractivity contribution is 5.74. The quantitative estimate of drug-likeness (QED) is 0.813. The zero-order valence-corrected chi connectivity index (χ0v) is 12.1. The van der Waals surface area contributed by atoms with E-state index in [-0.39, 0.29) is 0 Å². The third-order valence-electron chi connectivity index (χ3n) is 3.46.